The van der Waals surface area contributed by atoms with Crippen molar-refractivity contribution in [1.82, 2.24) is 0 Å². The summed E-state index contributed by atoms with van der Waals surface area (Å²) in [6.07, 6.45) is -4.82. The van der Waals surface area contributed by atoms with Crippen molar-refractivity contribution in [3.8, 4) is 5.75 Å². The lowest BCUT2D eigenvalue weighted by Crippen LogP contribution is -2.17. The van der Waals surface area contributed by atoms with E-state index in [1.807, 2.05) is 0 Å². The Balaban J connectivity index is 2.92. The molecule has 0 aromatic heterocycles. The van der Waals surface area contributed by atoms with Gasteiger partial charge in [0.15, 0.2) is 0 Å². The number of hydrogen-bond acceptors (Lipinski definition) is 2. The highest BCUT2D eigenvalue weighted by molar-refractivity contribution is 5.30. The second kappa shape index (κ2) is 4.06. The minimum Gasteiger partial charge on any atom is -0.406 e. The molecule has 15 heavy (non-hydrogen) atoms. The van der Waals surface area contributed by atoms with Gasteiger partial charge in [0, 0.05) is 17.7 Å². The molecule has 0 aliphatic heterocycles. The lowest BCUT2D eigenvalue weighted by atomic mass is 10.1. The Labute approximate surface area is 83.6 Å². The Bertz CT molecular complexity index is 348. The van der Waals surface area contributed by atoms with Gasteiger partial charge in [0.1, 0.15) is 11.6 Å². The molecule has 0 heterocycles. The third-order valence-electron chi connectivity index (χ3n) is 1.70. The van der Waals surface area contributed by atoms with Gasteiger partial charge in [-0.05, 0) is 13.0 Å². The molecule has 0 radical (unpaired) electrons. The molecule has 1 aromatic rings. The molecule has 1 atom stereocenters. The van der Waals surface area contributed by atoms with Crippen LogP contribution in [0.15, 0.2) is 18.2 Å². The first kappa shape index (κ1) is 11.8. The maximum Gasteiger partial charge on any atom is 0.573 e. The Morgan fingerprint density at radius 2 is 1.93 bits per heavy atom. The molecule has 0 amide bonds. The maximum absolute atomic E-state index is 13.1. The molecule has 0 saturated carbocycles. The molecular formula is C9H9F4NO. The van der Waals surface area contributed by atoms with Crippen molar-refractivity contribution in [3.63, 3.8) is 0 Å². The monoisotopic (exact) mass is 223 g/mol. The molecule has 0 aliphatic rings. The molecule has 6 heteroatoms. The molecule has 2 nitrogen and oxygen atoms in total. The smallest absolute Gasteiger partial charge is 0.406 e. The zero-order valence-corrected chi connectivity index (χ0v) is 7.81. The third-order valence-corrected chi connectivity index (χ3v) is 1.70. The lowest BCUT2D eigenvalue weighted by molar-refractivity contribution is -0.274. The lowest BCUT2D eigenvalue weighted by Gasteiger charge is -2.11. The highest BCUT2D eigenvalue weighted by atomic mass is 19.4. The second-order valence-electron chi connectivity index (χ2n) is 3.02. The van der Waals surface area contributed by atoms with Crippen molar-refractivity contribution >= 4 is 0 Å². The average Bonchev–Trinajstić information content (AvgIpc) is 1.99. The van der Waals surface area contributed by atoms with Crippen molar-refractivity contribution in [2.24, 2.45) is 5.73 Å². The van der Waals surface area contributed by atoms with E-state index in [1.54, 1.807) is 0 Å². The molecule has 0 fully saturated rings. The quantitative estimate of drug-likeness (QED) is 0.782. The molecule has 0 aliphatic carbocycles. The number of ether oxygens (including phenoxy) is 1. The van der Waals surface area contributed by atoms with Gasteiger partial charge in [0.2, 0.25) is 0 Å². The molecule has 0 bridgehead atoms. The first-order chi connectivity index (χ1) is 6.79. The van der Waals surface area contributed by atoms with Crippen molar-refractivity contribution in [2.75, 3.05) is 0 Å². The summed E-state index contributed by atoms with van der Waals surface area (Å²) in [6.45, 7) is 1.53. The number of benzene rings is 1. The van der Waals surface area contributed by atoms with Gasteiger partial charge in [0.25, 0.3) is 0 Å². The molecular weight excluding hydrogens is 214 g/mol. The van der Waals surface area contributed by atoms with Crippen molar-refractivity contribution in [3.05, 3.63) is 29.6 Å². The van der Waals surface area contributed by atoms with E-state index in [-0.39, 0.29) is 5.56 Å². The van der Waals surface area contributed by atoms with Gasteiger partial charge in [-0.15, -0.1) is 13.2 Å². The summed E-state index contributed by atoms with van der Waals surface area (Å²) in [7, 11) is 0. The summed E-state index contributed by atoms with van der Waals surface area (Å²) in [5.74, 6) is -1.41. The topological polar surface area (TPSA) is 35.2 Å². The highest BCUT2D eigenvalue weighted by Crippen LogP contribution is 2.25. The molecule has 0 spiro atoms. The predicted octanol–water partition coefficient (Wildman–Crippen LogP) is 2.74. The van der Waals surface area contributed by atoms with Gasteiger partial charge in [-0.25, -0.2) is 4.39 Å². The molecule has 1 unspecified atom stereocenters. The summed E-state index contributed by atoms with van der Waals surface area (Å²) >= 11 is 0. The number of halogens is 4. The molecule has 2 N–H and O–H groups in total. The Kier molecular flexibility index (Phi) is 3.18. The van der Waals surface area contributed by atoms with Crippen LogP contribution in [-0.2, 0) is 0 Å². The molecule has 1 aromatic carbocycles. The van der Waals surface area contributed by atoms with Crippen LogP contribution in [0.3, 0.4) is 0 Å². The predicted molar refractivity (Wildman–Crippen MR) is 45.7 cm³/mol. The number of rotatable bonds is 2. The number of nitrogens with two attached hydrogens (primary N) is 1. The summed E-state index contributed by atoms with van der Waals surface area (Å²) in [4.78, 5) is 0. The van der Waals surface area contributed by atoms with Gasteiger partial charge >= 0.3 is 6.36 Å². The largest absolute Gasteiger partial charge is 0.573 e. The summed E-state index contributed by atoms with van der Waals surface area (Å²) in [5, 5.41) is 0. The van der Waals surface area contributed by atoms with Crippen LogP contribution in [0.5, 0.6) is 5.75 Å². The van der Waals surface area contributed by atoms with Gasteiger partial charge in [-0.3, -0.25) is 0 Å². The van der Waals surface area contributed by atoms with Gasteiger partial charge in [-0.1, -0.05) is 6.07 Å². The fraction of sp³-hybridized carbons (Fsp3) is 0.333. The van der Waals surface area contributed by atoms with Crippen LogP contribution in [0.2, 0.25) is 0 Å². The van der Waals surface area contributed by atoms with Crippen LogP contribution in [0.1, 0.15) is 18.5 Å². The molecule has 1 rings (SSSR count). The zero-order valence-electron chi connectivity index (χ0n) is 7.81. The van der Waals surface area contributed by atoms with Crippen molar-refractivity contribution in [2.45, 2.75) is 19.3 Å². The zero-order chi connectivity index (χ0) is 11.6. The Morgan fingerprint density at radius 1 is 1.33 bits per heavy atom. The number of alkyl halides is 3. The summed E-state index contributed by atoms with van der Waals surface area (Å²) in [5.41, 5.74) is 5.53. The second-order valence-corrected chi connectivity index (χ2v) is 3.02. The van der Waals surface area contributed by atoms with Crippen LogP contribution >= 0.6 is 0 Å². The average molecular weight is 223 g/mol. The first-order valence-electron chi connectivity index (χ1n) is 4.10. The van der Waals surface area contributed by atoms with Gasteiger partial charge < -0.3 is 10.5 Å². The Hall–Kier alpha value is -1.30. The molecule has 0 saturated heterocycles. The van der Waals surface area contributed by atoms with E-state index >= 15 is 0 Å². The molecule has 84 valence electrons. The normalized spacial score (nSPS) is 13.7. The van der Waals surface area contributed by atoms with Crippen LogP contribution in [0, 0.1) is 5.82 Å². The van der Waals surface area contributed by atoms with Gasteiger partial charge in [-0.2, -0.15) is 0 Å². The maximum atomic E-state index is 13.1. The van der Waals surface area contributed by atoms with Crippen LogP contribution < -0.4 is 10.5 Å². The van der Waals surface area contributed by atoms with E-state index in [4.69, 9.17) is 5.73 Å². The van der Waals surface area contributed by atoms with E-state index < -0.39 is 24.0 Å². The van der Waals surface area contributed by atoms with E-state index in [0.717, 1.165) is 6.07 Å². The van der Waals surface area contributed by atoms with E-state index in [0.29, 0.717) is 6.07 Å². The Morgan fingerprint density at radius 3 is 2.33 bits per heavy atom. The third kappa shape index (κ3) is 3.39. The van der Waals surface area contributed by atoms with Crippen LogP contribution in [-0.4, -0.2) is 6.36 Å². The minimum absolute atomic E-state index is 0.143. The van der Waals surface area contributed by atoms with Crippen molar-refractivity contribution < 1.29 is 22.3 Å². The summed E-state index contributed by atoms with van der Waals surface area (Å²) in [6, 6.07) is 2.27. The van der Waals surface area contributed by atoms with Crippen molar-refractivity contribution in [1.29, 1.82) is 0 Å². The minimum atomic E-state index is -4.82. The first-order valence-corrected chi connectivity index (χ1v) is 4.10. The standard InChI is InChI=1S/C9H9F4NO/c1-5(14)7-3-2-6(4-8(7)10)15-9(11,12)13/h2-5H,14H2,1H3. The van der Waals surface area contributed by atoms with E-state index in [1.165, 1.54) is 13.0 Å². The van der Waals surface area contributed by atoms with E-state index in [9.17, 15) is 17.6 Å². The van der Waals surface area contributed by atoms with Crippen LogP contribution in [0.4, 0.5) is 17.6 Å². The van der Waals surface area contributed by atoms with Crippen LogP contribution in [0.25, 0.3) is 0 Å². The van der Waals surface area contributed by atoms with Gasteiger partial charge in [0.05, 0.1) is 0 Å². The highest BCUT2D eigenvalue weighted by Gasteiger charge is 2.31. The fourth-order valence-corrected chi connectivity index (χ4v) is 1.07. The number of hydrogen-bond donors (Lipinski definition) is 1. The fourth-order valence-electron chi connectivity index (χ4n) is 1.07. The van der Waals surface area contributed by atoms with E-state index in [2.05, 4.69) is 4.74 Å². The SMILES string of the molecule is CC(N)c1ccc(OC(F)(F)F)cc1F. The summed E-state index contributed by atoms with van der Waals surface area (Å²) < 4.78 is 52.0.